The third-order valence-corrected chi connectivity index (χ3v) is 7.06. The molecule has 2 aromatic heterocycles. The Balaban J connectivity index is 1.50. The van der Waals surface area contributed by atoms with Crippen molar-refractivity contribution in [2.24, 2.45) is 5.73 Å². The number of nitrogens with two attached hydrogens (primary N) is 1. The van der Waals surface area contributed by atoms with Gasteiger partial charge < -0.3 is 11.1 Å². The number of nitrogens with zero attached hydrogens (tertiary/aromatic N) is 3. The minimum atomic E-state index is -0.341. The van der Waals surface area contributed by atoms with Gasteiger partial charge in [-0.05, 0) is 29.8 Å². The molecule has 1 aromatic carbocycles. The molecule has 0 aliphatic carbocycles. The molecule has 0 radical (unpaired) electrons. The van der Waals surface area contributed by atoms with Crippen LogP contribution in [0.15, 0.2) is 64.3 Å². The van der Waals surface area contributed by atoms with Crippen molar-refractivity contribution in [1.82, 2.24) is 14.3 Å². The summed E-state index contributed by atoms with van der Waals surface area (Å²) in [5, 5.41) is 6.63. The molecule has 0 bridgehead atoms. The lowest BCUT2D eigenvalue weighted by atomic mass is 10.2. The molecule has 3 heterocycles. The van der Waals surface area contributed by atoms with Gasteiger partial charge in [0.25, 0.3) is 0 Å². The Morgan fingerprint density at radius 1 is 1.28 bits per heavy atom. The van der Waals surface area contributed by atoms with Crippen molar-refractivity contribution in [2.75, 3.05) is 11.9 Å². The number of aromatic nitrogens is 3. The van der Waals surface area contributed by atoms with Gasteiger partial charge in [0.1, 0.15) is 11.6 Å². The maximum atomic E-state index is 12.7. The molecule has 10 heteroatoms. The number of anilines is 1. The Labute approximate surface area is 174 Å². The molecule has 1 atom stereocenters. The zero-order valence-corrected chi connectivity index (χ0v) is 16.9. The van der Waals surface area contributed by atoms with E-state index in [1.54, 1.807) is 0 Å². The van der Waals surface area contributed by atoms with Crippen LogP contribution in [0.4, 0.5) is 10.1 Å². The molecule has 0 saturated heterocycles. The lowest BCUT2D eigenvalue weighted by molar-refractivity contribution is -0.115. The number of halogens is 1. The van der Waals surface area contributed by atoms with E-state index in [1.807, 2.05) is 36.4 Å². The van der Waals surface area contributed by atoms with Gasteiger partial charge in [-0.3, -0.25) is 9.36 Å². The highest BCUT2D eigenvalue weighted by molar-refractivity contribution is 8.00. The predicted molar refractivity (Wildman–Crippen MR) is 112 cm³/mol. The number of hydrogen-bond donors (Lipinski definition) is 2. The molecule has 150 valence electrons. The van der Waals surface area contributed by atoms with Crippen molar-refractivity contribution >= 4 is 34.7 Å². The minimum absolute atomic E-state index is 0.0207. The zero-order valence-electron chi connectivity index (χ0n) is 15.2. The third kappa shape index (κ3) is 4.04. The number of hydrogen-bond acceptors (Lipinski definition) is 6. The lowest BCUT2D eigenvalue weighted by Gasteiger charge is -2.23. The molecule has 0 spiro atoms. The number of benzene rings is 1. The third-order valence-electron chi connectivity index (χ3n) is 4.46. The normalized spacial score (nSPS) is 16.6. The van der Waals surface area contributed by atoms with E-state index in [-0.39, 0.29) is 35.5 Å². The molecule has 1 aliphatic rings. The summed E-state index contributed by atoms with van der Waals surface area (Å²) < 4.78 is 15.3. The van der Waals surface area contributed by atoms with Gasteiger partial charge in [0.2, 0.25) is 5.91 Å². The predicted octanol–water partition coefficient (Wildman–Crippen LogP) is 2.75. The van der Waals surface area contributed by atoms with Gasteiger partial charge in [-0.1, -0.05) is 12.1 Å². The van der Waals surface area contributed by atoms with Crippen molar-refractivity contribution < 1.29 is 9.18 Å². The summed E-state index contributed by atoms with van der Waals surface area (Å²) in [5.41, 5.74) is 6.21. The monoisotopic (exact) mass is 431 g/mol. The second-order valence-corrected chi connectivity index (χ2v) is 8.80. The van der Waals surface area contributed by atoms with Crippen LogP contribution in [-0.2, 0) is 17.9 Å². The van der Waals surface area contributed by atoms with E-state index in [0.717, 1.165) is 20.3 Å². The van der Waals surface area contributed by atoms with E-state index in [1.165, 1.54) is 38.7 Å². The topological polar surface area (TPSA) is 94.9 Å². The molecule has 7 nitrogen and oxygen atoms in total. The van der Waals surface area contributed by atoms with Crippen LogP contribution in [0, 0.1) is 0 Å². The smallest absolute Gasteiger partial charge is 0.327 e. The van der Waals surface area contributed by atoms with Crippen molar-refractivity contribution in [3.63, 3.8) is 0 Å². The van der Waals surface area contributed by atoms with Gasteiger partial charge >= 0.3 is 5.69 Å². The summed E-state index contributed by atoms with van der Waals surface area (Å²) in [6.45, 7) is 0.373. The number of amides is 1. The molecule has 3 N–H and O–H groups in total. The molecular weight excluding hydrogens is 413 g/mol. The number of carbonyl (C=O) groups is 1. The van der Waals surface area contributed by atoms with E-state index >= 15 is 0 Å². The van der Waals surface area contributed by atoms with Crippen LogP contribution in [0.3, 0.4) is 0 Å². The van der Waals surface area contributed by atoms with Crippen LogP contribution in [0.5, 0.6) is 0 Å². The van der Waals surface area contributed by atoms with E-state index in [0.29, 0.717) is 12.9 Å². The number of thiophene rings is 1. The van der Waals surface area contributed by atoms with Gasteiger partial charge in [-0.2, -0.15) is 5.10 Å². The first kappa shape index (κ1) is 19.6. The lowest BCUT2D eigenvalue weighted by Crippen LogP contribution is -2.26. The van der Waals surface area contributed by atoms with Gasteiger partial charge in [0.05, 0.1) is 25.1 Å². The fourth-order valence-corrected chi connectivity index (χ4v) is 5.25. The van der Waals surface area contributed by atoms with Crippen molar-refractivity contribution in [3.8, 4) is 0 Å². The SMILES string of the molecule is NC/C(=C\F)Cn1ncn(Cc2ccc(C3Sc4ccccc4NC3=O)s2)c1=O. The molecule has 4 rings (SSSR count). The second-order valence-electron chi connectivity index (χ2n) is 6.46. The fraction of sp³-hybridized carbons (Fsp3) is 0.211. The number of para-hydroxylation sites is 1. The van der Waals surface area contributed by atoms with Gasteiger partial charge in [-0.25, -0.2) is 13.9 Å². The van der Waals surface area contributed by atoms with Crippen molar-refractivity contribution in [2.45, 2.75) is 23.2 Å². The molecule has 0 saturated carbocycles. The Morgan fingerprint density at radius 2 is 2.10 bits per heavy atom. The van der Waals surface area contributed by atoms with Crippen molar-refractivity contribution in [3.05, 3.63) is 74.9 Å². The average Bonchev–Trinajstić information content (AvgIpc) is 3.33. The maximum absolute atomic E-state index is 12.7. The fourth-order valence-electron chi connectivity index (χ4n) is 2.95. The Morgan fingerprint density at radius 3 is 2.90 bits per heavy atom. The molecule has 1 aliphatic heterocycles. The summed E-state index contributed by atoms with van der Waals surface area (Å²) in [5.74, 6) is -0.0561. The van der Waals surface area contributed by atoms with Crippen LogP contribution in [-0.4, -0.2) is 26.8 Å². The Bertz CT molecular complexity index is 1130. The molecule has 3 aromatic rings. The summed E-state index contributed by atoms with van der Waals surface area (Å²) in [4.78, 5) is 27.8. The highest BCUT2D eigenvalue weighted by Gasteiger charge is 2.29. The standard InChI is InChI=1S/C19H18FN5O2S2/c20-7-12(8-21)9-25-19(27)24(11-22-25)10-13-5-6-16(28-13)17-18(26)23-14-3-1-2-4-15(14)29-17/h1-7,11,17H,8-10,21H2,(H,23,26)/b12-7+. The maximum Gasteiger partial charge on any atom is 0.346 e. The van der Waals surface area contributed by atoms with Crippen LogP contribution in [0.2, 0.25) is 0 Å². The second kappa shape index (κ2) is 8.36. The molecule has 29 heavy (non-hydrogen) atoms. The first-order valence-electron chi connectivity index (χ1n) is 8.84. The zero-order chi connectivity index (χ0) is 20.4. The highest BCUT2D eigenvalue weighted by Crippen LogP contribution is 2.45. The van der Waals surface area contributed by atoms with Crippen molar-refractivity contribution in [1.29, 1.82) is 0 Å². The minimum Gasteiger partial charge on any atom is -0.327 e. The Kier molecular flexibility index (Phi) is 5.65. The quantitative estimate of drug-likeness (QED) is 0.626. The molecular formula is C19H18FN5O2S2. The summed E-state index contributed by atoms with van der Waals surface area (Å²) in [7, 11) is 0. The van der Waals surface area contributed by atoms with E-state index < -0.39 is 0 Å². The van der Waals surface area contributed by atoms with Crippen LogP contribution in [0.25, 0.3) is 0 Å². The van der Waals surface area contributed by atoms with E-state index in [2.05, 4.69) is 10.4 Å². The van der Waals surface area contributed by atoms with Crippen LogP contribution >= 0.6 is 23.1 Å². The van der Waals surface area contributed by atoms with Gasteiger partial charge in [0.15, 0.2) is 0 Å². The summed E-state index contributed by atoms with van der Waals surface area (Å²) in [6.07, 6.45) is 1.83. The number of rotatable bonds is 6. The summed E-state index contributed by atoms with van der Waals surface area (Å²) >= 11 is 3.00. The number of thioether (sulfide) groups is 1. The van der Waals surface area contributed by atoms with Crippen LogP contribution in [0.1, 0.15) is 15.0 Å². The molecule has 0 fully saturated rings. The number of fused-ring (bicyclic) bond motifs is 1. The number of carbonyl (C=O) groups excluding carboxylic acids is 1. The Hall–Kier alpha value is -2.69. The van der Waals surface area contributed by atoms with Gasteiger partial charge in [-0.15, -0.1) is 23.1 Å². The largest absolute Gasteiger partial charge is 0.346 e. The number of nitrogens with one attached hydrogen (secondary N) is 1. The van der Waals surface area contributed by atoms with Gasteiger partial charge in [0, 0.05) is 21.2 Å². The summed E-state index contributed by atoms with van der Waals surface area (Å²) in [6, 6.07) is 11.5. The highest BCUT2D eigenvalue weighted by atomic mass is 32.2. The molecule has 1 unspecified atom stereocenters. The average molecular weight is 432 g/mol. The first-order valence-corrected chi connectivity index (χ1v) is 10.5. The first-order chi connectivity index (χ1) is 14.1. The van der Waals surface area contributed by atoms with E-state index in [9.17, 15) is 14.0 Å². The van der Waals surface area contributed by atoms with E-state index in [4.69, 9.17) is 5.73 Å². The van der Waals surface area contributed by atoms with Crippen LogP contribution < -0.4 is 16.7 Å². The molecule has 1 amide bonds.